The molecule has 35 heavy (non-hydrogen) atoms. The minimum Gasteiger partial charge on any atom is -0.497 e. The van der Waals surface area contributed by atoms with Crippen LogP contribution in [-0.2, 0) is 4.79 Å². The van der Waals surface area contributed by atoms with Crippen LogP contribution >= 0.6 is 11.8 Å². The molecule has 0 amide bonds. The van der Waals surface area contributed by atoms with Gasteiger partial charge in [-0.2, -0.15) is 11.8 Å². The van der Waals surface area contributed by atoms with Gasteiger partial charge in [0, 0.05) is 24.5 Å². The molecule has 1 unspecified atom stereocenters. The van der Waals surface area contributed by atoms with Crippen molar-refractivity contribution in [3.05, 3.63) is 36.0 Å². The molecule has 2 aromatic rings. The third kappa shape index (κ3) is 8.65. The van der Waals surface area contributed by atoms with Crippen molar-refractivity contribution in [3.63, 3.8) is 0 Å². The van der Waals surface area contributed by atoms with Crippen molar-refractivity contribution < 1.29 is 19.7 Å². The Balaban J connectivity index is 1.56. The van der Waals surface area contributed by atoms with Gasteiger partial charge in [-0.3, -0.25) is 9.78 Å². The van der Waals surface area contributed by atoms with Crippen molar-refractivity contribution in [1.29, 1.82) is 0 Å². The highest BCUT2D eigenvalue weighted by Crippen LogP contribution is 2.35. The second-order valence-electron chi connectivity index (χ2n) is 9.74. The summed E-state index contributed by atoms with van der Waals surface area (Å²) in [7, 11) is 1.64. The fourth-order valence-corrected chi connectivity index (χ4v) is 6.24. The lowest BCUT2D eigenvalue weighted by atomic mass is 9.79. The molecular weight excluding hydrogens is 460 g/mol. The smallest absolute Gasteiger partial charge is 0.303 e. The lowest BCUT2D eigenvalue weighted by Crippen LogP contribution is -2.41. The van der Waals surface area contributed by atoms with Gasteiger partial charge in [0.2, 0.25) is 0 Å². The van der Waals surface area contributed by atoms with E-state index in [-0.39, 0.29) is 6.42 Å². The van der Waals surface area contributed by atoms with Crippen LogP contribution in [-0.4, -0.2) is 64.3 Å². The van der Waals surface area contributed by atoms with Gasteiger partial charge in [-0.05, 0) is 105 Å². The van der Waals surface area contributed by atoms with E-state index in [0.29, 0.717) is 24.7 Å². The first-order valence-electron chi connectivity index (χ1n) is 13.1. The predicted octanol–water partition coefficient (Wildman–Crippen LogP) is 5.78. The van der Waals surface area contributed by atoms with Crippen LogP contribution in [0.25, 0.3) is 10.9 Å². The van der Waals surface area contributed by atoms with Crippen LogP contribution in [0.15, 0.2) is 30.5 Å². The Morgan fingerprint density at radius 1 is 1.23 bits per heavy atom. The molecule has 0 radical (unpaired) electrons. The number of fused-ring (bicyclic) bond motifs is 1. The molecule has 0 bridgehead atoms. The van der Waals surface area contributed by atoms with Crippen LogP contribution in [0.4, 0.5) is 0 Å². The van der Waals surface area contributed by atoms with Crippen LogP contribution < -0.4 is 4.74 Å². The number of aliphatic hydroxyl groups excluding tert-OH is 1. The molecule has 3 rings (SSSR count). The molecule has 3 atom stereocenters. The summed E-state index contributed by atoms with van der Waals surface area (Å²) in [4.78, 5) is 18.2. The second kappa shape index (κ2) is 14.7. The van der Waals surface area contributed by atoms with E-state index in [9.17, 15) is 15.0 Å². The Bertz CT molecular complexity index is 925. The number of aliphatic hydroxyl groups is 1. The van der Waals surface area contributed by atoms with Crippen LogP contribution in [0.5, 0.6) is 5.75 Å². The number of aliphatic carboxylic acids is 1. The van der Waals surface area contributed by atoms with Gasteiger partial charge >= 0.3 is 5.97 Å². The SMILES string of the molecule is CCCCSCCCN1CC[C@@H](CCC(O)c2ccnc3ccc(OC)cc23)[C@@H](CCC(=O)O)C1. The maximum atomic E-state index is 11.3. The molecule has 6 nitrogen and oxygen atoms in total. The molecule has 0 aliphatic carbocycles. The standard InChI is InChI=1S/C28H42N2O4S/c1-3-4-17-35-18-5-15-30-16-13-21(22(20-30)7-11-28(32)33)6-10-27(31)24-12-14-29-26-9-8-23(34-2)19-25(24)26/h8-9,12,14,19,21-22,27,31H,3-7,10-11,13,15-18,20H2,1-2H3,(H,32,33)/t21-,22+,27?/m1/s1. The molecule has 1 aromatic heterocycles. The molecule has 1 aliphatic rings. The highest BCUT2D eigenvalue weighted by molar-refractivity contribution is 7.99. The van der Waals surface area contributed by atoms with E-state index in [0.717, 1.165) is 54.7 Å². The van der Waals surface area contributed by atoms with Gasteiger partial charge in [0.25, 0.3) is 0 Å². The van der Waals surface area contributed by atoms with Gasteiger partial charge in [-0.25, -0.2) is 0 Å². The molecular formula is C28H42N2O4S. The third-order valence-corrected chi connectivity index (χ3v) is 8.42. The molecule has 2 N–H and O–H groups in total. The number of rotatable bonds is 15. The maximum Gasteiger partial charge on any atom is 0.303 e. The molecule has 7 heteroatoms. The number of thioether (sulfide) groups is 1. The fourth-order valence-electron chi connectivity index (χ4n) is 5.21. The Morgan fingerprint density at radius 2 is 2.06 bits per heavy atom. The molecule has 1 saturated heterocycles. The molecule has 0 spiro atoms. The van der Waals surface area contributed by atoms with E-state index >= 15 is 0 Å². The first-order chi connectivity index (χ1) is 17.0. The summed E-state index contributed by atoms with van der Waals surface area (Å²) in [6.45, 7) is 5.38. The average molecular weight is 503 g/mol. The number of nitrogens with zero attached hydrogens (tertiary/aromatic N) is 2. The van der Waals surface area contributed by atoms with Crippen LogP contribution in [0.2, 0.25) is 0 Å². The number of hydrogen-bond acceptors (Lipinski definition) is 6. The number of carbonyl (C=O) groups is 1. The Labute approximate surface area is 214 Å². The second-order valence-corrected chi connectivity index (χ2v) is 11.0. The molecule has 1 aliphatic heterocycles. The Morgan fingerprint density at radius 3 is 2.83 bits per heavy atom. The van der Waals surface area contributed by atoms with Gasteiger partial charge in [-0.1, -0.05) is 13.3 Å². The average Bonchev–Trinajstić information content (AvgIpc) is 2.87. The Hall–Kier alpha value is -1.83. The summed E-state index contributed by atoms with van der Waals surface area (Å²) < 4.78 is 5.37. The number of carboxylic acid groups (broad SMARTS) is 1. The number of likely N-dealkylation sites (tertiary alicyclic amines) is 1. The van der Waals surface area contributed by atoms with Crippen molar-refractivity contribution in [3.8, 4) is 5.75 Å². The summed E-state index contributed by atoms with van der Waals surface area (Å²) in [6, 6.07) is 7.64. The van der Waals surface area contributed by atoms with E-state index < -0.39 is 12.1 Å². The number of aromatic nitrogens is 1. The normalized spacial score (nSPS) is 19.6. The van der Waals surface area contributed by atoms with E-state index in [2.05, 4.69) is 16.8 Å². The quantitative estimate of drug-likeness (QED) is 0.299. The van der Waals surface area contributed by atoms with Crippen molar-refractivity contribution in [2.75, 3.05) is 38.2 Å². The van der Waals surface area contributed by atoms with Gasteiger partial charge in [-0.15, -0.1) is 0 Å². The van der Waals surface area contributed by atoms with Gasteiger partial charge in [0.15, 0.2) is 0 Å². The predicted molar refractivity (Wildman–Crippen MR) is 144 cm³/mol. The molecule has 1 fully saturated rings. The van der Waals surface area contributed by atoms with Crippen LogP contribution in [0, 0.1) is 11.8 Å². The van der Waals surface area contributed by atoms with Crippen molar-refractivity contribution in [1.82, 2.24) is 9.88 Å². The number of methoxy groups -OCH3 is 1. The van der Waals surface area contributed by atoms with E-state index in [1.807, 2.05) is 36.0 Å². The van der Waals surface area contributed by atoms with Crippen molar-refractivity contribution in [2.24, 2.45) is 11.8 Å². The van der Waals surface area contributed by atoms with Crippen molar-refractivity contribution in [2.45, 2.75) is 64.4 Å². The maximum absolute atomic E-state index is 11.3. The summed E-state index contributed by atoms with van der Waals surface area (Å²) in [6.07, 6.45) is 8.50. The molecule has 194 valence electrons. The molecule has 2 heterocycles. The van der Waals surface area contributed by atoms with E-state index in [4.69, 9.17) is 4.74 Å². The lowest BCUT2D eigenvalue weighted by molar-refractivity contribution is -0.137. The lowest BCUT2D eigenvalue weighted by Gasteiger charge is -2.39. The number of ether oxygens (including phenoxy) is 1. The number of piperidine rings is 1. The van der Waals surface area contributed by atoms with Gasteiger partial charge in [0.05, 0.1) is 18.7 Å². The first kappa shape index (κ1) is 27.8. The van der Waals surface area contributed by atoms with Crippen molar-refractivity contribution >= 4 is 28.6 Å². The van der Waals surface area contributed by atoms with Crippen LogP contribution in [0.1, 0.15) is 70.0 Å². The zero-order valence-electron chi connectivity index (χ0n) is 21.3. The Kier molecular flexibility index (Phi) is 11.6. The summed E-state index contributed by atoms with van der Waals surface area (Å²) in [5, 5.41) is 21.3. The number of pyridine rings is 1. The van der Waals surface area contributed by atoms with E-state index in [1.165, 1.54) is 30.8 Å². The number of benzene rings is 1. The van der Waals surface area contributed by atoms with Gasteiger partial charge in [0.1, 0.15) is 5.75 Å². The largest absolute Gasteiger partial charge is 0.497 e. The molecule has 1 aromatic carbocycles. The summed E-state index contributed by atoms with van der Waals surface area (Å²) in [5.74, 6) is 3.31. The highest BCUT2D eigenvalue weighted by Gasteiger charge is 2.30. The van der Waals surface area contributed by atoms with E-state index in [1.54, 1.807) is 13.3 Å². The number of unbranched alkanes of at least 4 members (excludes halogenated alkanes) is 1. The monoisotopic (exact) mass is 502 g/mol. The highest BCUT2D eigenvalue weighted by atomic mass is 32.2. The first-order valence-corrected chi connectivity index (χ1v) is 14.3. The zero-order chi connectivity index (χ0) is 25.0. The minimum atomic E-state index is -0.717. The third-order valence-electron chi connectivity index (χ3n) is 7.26. The minimum absolute atomic E-state index is 0.221. The summed E-state index contributed by atoms with van der Waals surface area (Å²) in [5.41, 5.74) is 1.73. The van der Waals surface area contributed by atoms with Crippen LogP contribution in [0.3, 0.4) is 0 Å². The summed E-state index contributed by atoms with van der Waals surface area (Å²) >= 11 is 2.05. The van der Waals surface area contributed by atoms with Gasteiger partial charge < -0.3 is 19.8 Å². The topological polar surface area (TPSA) is 82.9 Å². The zero-order valence-corrected chi connectivity index (χ0v) is 22.1. The fraction of sp³-hybridized carbons (Fsp3) is 0.643. The number of hydrogen-bond donors (Lipinski definition) is 2. The number of carboxylic acids is 1. The molecule has 0 saturated carbocycles.